The predicted molar refractivity (Wildman–Crippen MR) is 69.5 cm³/mol. The van der Waals surface area contributed by atoms with Crippen molar-refractivity contribution in [3.63, 3.8) is 0 Å². The van der Waals surface area contributed by atoms with Crippen molar-refractivity contribution in [2.45, 2.75) is 6.61 Å². The first kappa shape index (κ1) is 13.8. The Morgan fingerprint density at radius 1 is 1.50 bits per heavy atom. The summed E-state index contributed by atoms with van der Waals surface area (Å²) in [4.78, 5) is 18.5. The van der Waals surface area contributed by atoms with Gasteiger partial charge in [0.15, 0.2) is 0 Å². The number of aromatic nitrogens is 2. The molecule has 1 heterocycles. The number of aromatic carboxylic acids is 1. The van der Waals surface area contributed by atoms with Crippen molar-refractivity contribution < 1.29 is 14.6 Å². The van der Waals surface area contributed by atoms with Gasteiger partial charge < -0.3 is 9.84 Å². The highest BCUT2D eigenvalue weighted by molar-refractivity contribution is 6.31. The van der Waals surface area contributed by atoms with Crippen LogP contribution in [-0.2, 0) is 6.61 Å². The third-order valence-corrected chi connectivity index (χ3v) is 2.77. The Balaban J connectivity index is 2.15. The number of hydrogen-bond donors (Lipinski definition) is 1. The molecule has 0 spiro atoms. The number of carbonyl (C=O) groups is 1. The smallest absolute Gasteiger partial charge is 0.339 e. The summed E-state index contributed by atoms with van der Waals surface area (Å²) in [6, 6.07) is 6.52. The highest BCUT2D eigenvalue weighted by atomic mass is 35.5. The zero-order valence-electron chi connectivity index (χ0n) is 10.1. The second-order valence-corrected chi connectivity index (χ2v) is 4.14. The number of carboxylic acid groups (broad SMARTS) is 1. The van der Waals surface area contributed by atoms with Gasteiger partial charge in [0.05, 0.1) is 16.3 Å². The van der Waals surface area contributed by atoms with E-state index in [1.807, 2.05) is 6.07 Å². The molecule has 0 saturated heterocycles. The molecular weight excluding hydrogens is 282 g/mol. The Bertz CT molecular complexity index is 698. The number of rotatable bonds is 4. The predicted octanol–water partition coefficient (Wildman–Crippen LogP) is 2.28. The molecule has 2 rings (SSSR count). The van der Waals surface area contributed by atoms with Gasteiger partial charge in [-0.15, -0.1) is 0 Å². The second-order valence-electron chi connectivity index (χ2n) is 3.73. The molecule has 20 heavy (non-hydrogen) atoms. The van der Waals surface area contributed by atoms with Gasteiger partial charge in [-0.2, -0.15) is 5.26 Å². The highest BCUT2D eigenvalue weighted by Crippen LogP contribution is 2.22. The van der Waals surface area contributed by atoms with Crippen LogP contribution in [0.15, 0.2) is 30.7 Å². The van der Waals surface area contributed by atoms with Crippen LogP contribution < -0.4 is 4.74 Å². The summed E-state index contributed by atoms with van der Waals surface area (Å²) in [5.41, 5.74) is 0.576. The van der Waals surface area contributed by atoms with Gasteiger partial charge in [-0.1, -0.05) is 11.6 Å². The lowest BCUT2D eigenvalue weighted by molar-refractivity contribution is 0.0692. The highest BCUT2D eigenvalue weighted by Gasteiger charge is 2.12. The number of benzene rings is 1. The Morgan fingerprint density at radius 2 is 2.30 bits per heavy atom. The maximum atomic E-state index is 11.0. The summed E-state index contributed by atoms with van der Waals surface area (Å²) in [7, 11) is 0. The van der Waals surface area contributed by atoms with Crippen LogP contribution in [0.1, 0.15) is 21.6 Å². The Labute approximate surface area is 119 Å². The Hall–Kier alpha value is -2.65. The number of carboxylic acids is 1. The first-order chi connectivity index (χ1) is 9.61. The first-order valence-electron chi connectivity index (χ1n) is 5.46. The minimum atomic E-state index is -1.12. The Kier molecular flexibility index (Phi) is 4.13. The molecular formula is C13H8ClN3O3. The van der Waals surface area contributed by atoms with E-state index in [-0.39, 0.29) is 22.9 Å². The molecule has 1 aromatic carbocycles. The molecule has 1 N–H and O–H groups in total. The normalized spacial score (nSPS) is 9.80. The summed E-state index contributed by atoms with van der Waals surface area (Å²) in [6.45, 7) is -0.0353. The monoisotopic (exact) mass is 289 g/mol. The quantitative estimate of drug-likeness (QED) is 0.927. The van der Waals surface area contributed by atoms with Gasteiger partial charge in [0.2, 0.25) is 0 Å². The molecule has 100 valence electrons. The van der Waals surface area contributed by atoms with Crippen molar-refractivity contribution in [3.8, 4) is 11.8 Å². The number of halogens is 1. The molecule has 2 aromatic rings. The van der Waals surface area contributed by atoms with Crippen molar-refractivity contribution in [2.24, 2.45) is 0 Å². The first-order valence-corrected chi connectivity index (χ1v) is 5.84. The van der Waals surface area contributed by atoms with Crippen molar-refractivity contribution in [1.82, 2.24) is 9.97 Å². The van der Waals surface area contributed by atoms with E-state index in [1.165, 1.54) is 24.7 Å². The van der Waals surface area contributed by atoms with Crippen LogP contribution in [0.5, 0.6) is 5.75 Å². The zero-order valence-corrected chi connectivity index (χ0v) is 10.8. The molecule has 0 aliphatic heterocycles. The molecule has 1 aromatic heterocycles. The van der Waals surface area contributed by atoms with E-state index in [4.69, 9.17) is 26.7 Å². The van der Waals surface area contributed by atoms with Crippen LogP contribution in [0, 0.1) is 11.3 Å². The summed E-state index contributed by atoms with van der Waals surface area (Å²) >= 11 is 5.87. The molecule has 0 aliphatic carbocycles. The van der Waals surface area contributed by atoms with E-state index < -0.39 is 5.97 Å². The van der Waals surface area contributed by atoms with E-state index in [2.05, 4.69) is 9.97 Å². The molecule has 0 atom stereocenters. The van der Waals surface area contributed by atoms with Crippen LogP contribution in [0.2, 0.25) is 5.02 Å². The molecule has 0 fully saturated rings. The van der Waals surface area contributed by atoms with Crippen LogP contribution in [-0.4, -0.2) is 21.0 Å². The molecule has 0 radical (unpaired) electrons. The van der Waals surface area contributed by atoms with Crippen molar-refractivity contribution >= 4 is 17.6 Å². The molecule has 7 heteroatoms. The lowest BCUT2D eigenvalue weighted by Gasteiger charge is -2.08. The topological polar surface area (TPSA) is 96.1 Å². The van der Waals surface area contributed by atoms with Crippen LogP contribution in [0.3, 0.4) is 0 Å². The van der Waals surface area contributed by atoms with E-state index >= 15 is 0 Å². The Morgan fingerprint density at radius 3 is 2.95 bits per heavy atom. The number of nitrogens with zero attached hydrogens (tertiary/aromatic N) is 3. The molecule has 0 aliphatic rings. The minimum absolute atomic E-state index is 0.0211. The van der Waals surface area contributed by atoms with Crippen LogP contribution in [0.4, 0.5) is 0 Å². The zero-order chi connectivity index (χ0) is 14.5. The van der Waals surface area contributed by atoms with E-state index in [9.17, 15) is 4.79 Å². The van der Waals surface area contributed by atoms with Gasteiger partial charge in [-0.05, 0) is 12.1 Å². The van der Waals surface area contributed by atoms with E-state index in [0.29, 0.717) is 11.3 Å². The van der Waals surface area contributed by atoms with Gasteiger partial charge in [-0.3, -0.25) is 0 Å². The van der Waals surface area contributed by atoms with Gasteiger partial charge in [0.25, 0.3) is 0 Å². The molecule has 0 amide bonds. The maximum absolute atomic E-state index is 11.0. The van der Waals surface area contributed by atoms with Crippen molar-refractivity contribution in [3.05, 3.63) is 52.6 Å². The molecule has 0 unspecified atom stereocenters. The largest absolute Gasteiger partial charge is 0.487 e. The standard InChI is InChI=1S/C13H8ClN3O3/c14-11-3-9(2-1-8(11)4-15)20-6-12-10(13(18)19)5-16-7-17-12/h1-3,5,7H,6H2,(H,18,19). The number of ether oxygens (including phenoxy) is 1. The maximum Gasteiger partial charge on any atom is 0.339 e. The van der Waals surface area contributed by atoms with Crippen molar-refractivity contribution in [1.29, 1.82) is 5.26 Å². The SMILES string of the molecule is N#Cc1ccc(OCc2ncncc2C(=O)O)cc1Cl. The average molecular weight is 290 g/mol. The van der Waals surface area contributed by atoms with Gasteiger partial charge in [-0.25, -0.2) is 14.8 Å². The average Bonchev–Trinajstić information content (AvgIpc) is 2.45. The fourth-order valence-electron chi connectivity index (χ4n) is 1.48. The third-order valence-electron chi connectivity index (χ3n) is 2.46. The summed E-state index contributed by atoms with van der Waals surface area (Å²) in [5, 5.41) is 18.0. The lowest BCUT2D eigenvalue weighted by atomic mass is 10.2. The molecule has 6 nitrogen and oxygen atoms in total. The van der Waals surface area contributed by atoms with E-state index in [0.717, 1.165) is 0 Å². The van der Waals surface area contributed by atoms with Gasteiger partial charge >= 0.3 is 5.97 Å². The molecule has 0 saturated carbocycles. The van der Waals surface area contributed by atoms with E-state index in [1.54, 1.807) is 6.07 Å². The summed E-state index contributed by atoms with van der Waals surface area (Å²) in [6.07, 6.45) is 2.46. The lowest BCUT2D eigenvalue weighted by Crippen LogP contribution is -2.08. The molecule has 0 bridgehead atoms. The summed E-state index contributed by atoms with van der Waals surface area (Å²) < 4.78 is 5.42. The fourth-order valence-corrected chi connectivity index (χ4v) is 1.69. The number of nitriles is 1. The summed E-state index contributed by atoms with van der Waals surface area (Å²) in [5.74, 6) is -0.703. The van der Waals surface area contributed by atoms with Crippen LogP contribution in [0.25, 0.3) is 0 Å². The minimum Gasteiger partial charge on any atom is -0.487 e. The van der Waals surface area contributed by atoms with Gasteiger partial charge in [0, 0.05) is 12.3 Å². The van der Waals surface area contributed by atoms with Crippen molar-refractivity contribution in [2.75, 3.05) is 0 Å². The number of hydrogen-bond acceptors (Lipinski definition) is 5. The van der Waals surface area contributed by atoms with Crippen LogP contribution >= 0.6 is 11.6 Å². The third kappa shape index (κ3) is 3.02. The second kappa shape index (κ2) is 5.99. The fraction of sp³-hybridized carbons (Fsp3) is 0.0769. The van der Waals surface area contributed by atoms with Gasteiger partial charge in [0.1, 0.15) is 30.3 Å².